The third-order valence-corrected chi connectivity index (χ3v) is 3.19. The fourth-order valence-corrected chi connectivity index (χ4v) is 1.84. The number of esters is 1. The molecule has 0 aromatic heterocycles. The van der Waals surface area contributed by atoms with Gasteiger partial charge in [-0.05, 0) is 13.3 Å². The van der Waals surface area contributed by atoms with Crippen LogP contribution in [0.15, 0.2) is 30.3 Å². The Morgan fingerprint density at radius 1 is 1.18 bits per heavy atom. The second-order valence-electron chi connectivity index (χ2n) is 3.67. The van der Waals surface area contributed by atoms with Gasteiger partial charge in [0, 0.05) is 6.42 Å². The van der Waals surface area contributed by atoms with Crippen LogP contribution in [0.5, 0.6) is 0 Å². The van der Waals surface area contributed by atoms with Crippen molar-refractivity contribution in [3.05, 3.63) is 30.3 Å². The molecule has 0 heterocycles. The molecule has 0 amide bonds. The first kappa shape index (κ1) is 16.5. The van der Waals surface area contributed by atoms with Crippen LogP contribution in [-0.2, 0) is 9.53 Å². The fourth-order valence-electron chi connectivity index (χ4n) is 1.21. The predicted octanol–water partition coefficient (Wildman–Crippen LogP) is 2.34. The summed E-state index contributed by atoms with van der Waals surface area (Å²) < 4.78 is 6.20. The molecule has 1 aromatic rings. The maximum absolute atomic E-state index is 10.7. The summed E-state index contributed by atoms with van der Waals surface area (Å²) in [7, 11) is 0. The van der Waals surface area contributed by atoms with Gasteiger partial charge >= 0.3 is 62.4 Å². The number of hydrogen-bond acceptors (Lipinski definition) is 2. The van der Waals surface area contributed by atoms with E-state index in [1.54, 1.807) is 0 Å². The molecule has 0 N–H and O–H groups in total. The molecule has 0 aliphatic heterocycles. The molecule has 17 heavy (non-hydrogen) atoms. The number of unbranched alkanes of at least 4 members (excludes halogenated alkanes) is 2. The summed E-state index contributed by atoms with van der Waals surface area (Å²) >= 11 is 1.23. The molecule has 0 bridgehead atoms. The maximum atomic E-state index is 10.7. The van der Waals surface area contributed by atoms with Gasteiger partial charge in [0.25, 0.3) is 0 Å². The van der Waals surface area contributed by atoms with Crippen LogP contribution >= 0.6 is 0 Å². The van der Waals surface area contributed by atoms with Crippen LogP contribution in [0.4, 0.5) is 0 Å². The zero-order valence-electron chi connectivity index (χ0n) is 10.8. The molecular formula is C14H22O2Sn. The van der Waals surface area contributed by atoms with Gasteiger partial charge in [-0.1, -0.05) is 19.8 Å². The molecule has 1 aromatic carbocycles. The Morgan fingerprint density at radius 2 is 1.82 bits per heavy atom. The normalized spacial score (nSPS) is 9.12. The summed E-state index contributed by atoms with van der Waals surface area (Å²) in [6.07, 6.45) is 3.83. The average molecular weight is 341 g/mol. The molecule has 0 spiro atoms. The van der Waals surface area contributed by atoms with Crippen molar-refractivity contribution in [1.29, 1.82) is 0 Å². The minimum atomic E-state index is -0.0593. The topological polar surface area (TPSA) is 26.3 Å². The van der Waals surface area contributed by atoms with E-state index in [4.69, 9.17) is 4.74 Å². The second kappa shape index (κ2) is 12.0. The molecule has 0 saturated heterocycles. The number of rotatable bonds is 5. The minimum absolute atomic E-state index is 0.0593. The molecule has 0 fully saturated rings. The molecule has 3 heteroatoms. The van der Waals surface area contributed by atoms with Gasteiger partial charge in [-0.15, -0.1) is 0 Å². The van der Waals surface area contributed by atoms with E-state index in [0.29, 0.717) is 13.0 Å². The zero-order valence-corrected chi connectivity index (χ0v) is 14.1. The van der Waals surface area contributed by atoms with Gasteiger partial charge in [0.1, 0.15) is 0 Å². The Bertz CT molecular complexity index is 286. The summed E-state index contributed by atoms with van der Waals surface area (Å²) in [5, 5.41) is 0. The monoisotopic (exact) mass is 342 g/mol. The summed E-state index contributed by atoms with van der Waals surface area (Å²) in [6.45, 7) is 4.45. The van der Waals surface area contributed by atoms with Gasteiger partial charge in [0.15, 0.2) is 0 Å². The summed E-state index contributed by atoms with van der Waals surface area (Å²) in [6, 6.07) is 10.5. The third kappa shape index (κ3) is 11.7. The van der Waals surface area contributed by atoms with E-state index >= 15 is 0 Å². The molecule has 0 unspecified atom stereocenters. The molecular weight excluding hydrogens is 319 g/mol. The van der Waals surface area contributed by atoms with E-state index in [9.17, 15) is 4.79 Å². The quantitative estimate of drug-likeness (QED) is 0.467. The first-order valence-electron chi connectivity index (χ1n) is 6.16. The first-order valence-corrected chi connectivity index (χ1v) is 7.81. The van der Waals surface area contributed by atoms with Gasteiger partial charge in [0.05, 0.1) is 6.61 Å². The molecule has 2 radical (unpaired) electrons. The molecule has 94 valence electrons. The third-order valence-electron chi connectivity index (χ3n) is 2.09. The molecule has 1 rings (SSSR count). The first-order chi connectivity index (χ1) is 8.20. The van der Waals surface area contributed by atoms with Crippen molar-refractivity contribution in [1.82, 2.24) is 0 Å². The standard InChI is InChI=1S/C8H16O2.C6H5.Sn.H/c1-3-5-6-7-8(9)10-4-2;1-2-4-6-5-3-1;;/h3-7H2,1-2H3;1-5H;;. The van der Waals surface area contributed by atoms with Crippen molar-refractivity contribution in [2.75, 3.05) is 6.61 Å². The van der Waals surface area contributed by atoms with Crippen LogP contribution < -0.4 is 3.58 Å². The Labute approximate surface area is 118 Å². The number of hydrogen-bond donors (Lipinski definition) is 0. The molecule has 0 saturated carbocycles. The van der Waals surface area contributed by atoms with Crippen LogP contribution in [0.3, 0.4) is 0 Å². The van der Waals surface area contributed by atoms with Crippen LogP contribution in [0.1, 0.15) is 39.5 Å². The van der Waals surface area contributed by atoms with Crippen LogP contribution in [-0.4, -0.2) is 35.1 Å². The molecule has 0 aliphatic rings. The summed E-state index contributed by atoms with van der Waals surface area (Å²) in [5.74, 6) is -0.0593. The number of carbonyl (C=O) groups excluding carboxylic acids is 1. The number of ether oxygens (including phenoxy) is 1. The van der Waals surface area contributed by atoms with Gasteiger partial charge in [-0.3, -0.25) is 4.79 Å². The van der Waals surface area contributed by atoms with E-state index in [2.05, 4.69) is 31.2 Å². The number of benzene rings is 1. The van der Waals surface area contributed by atoms with E-state index < -0.39 is 0 Å². The van der Waals surface area contributed by atoms with Gasteiger partial charge in [-0.25, -0.2) is 0 Å². The van der Waals surface area contributed by atoms with Crippen LogP contribution in [0.25, 0.3) is 0 Å². The molecule has 0 aliphatic carbocycles. The van der Waals surface area contributed by atoms with Crippen molar-refractivity contribution in [2.24, 2.45) is 0 Å². The SMILES string of the molecule is CCCCCC(=O)OCC.[SnH][c]1ccccc1. The van der Waals surface area contributed by atoms with E-state index in [1.807, 2.05) is 13.0 Å². The Hall–Kier alpha value is -0.511. The zero-order chi connectivity index (χ0) is 12.9. The number of carbonyl (C=O) groups is 1. The Balaban J connectivity index is 0.000000318. The van der Waals surface area contributed by atoms with E-state index in [1.165, 1.54) is 26.1 Å². The van der Waals surface area contributed by atoms with Crippen molar-refractivity contribution >= 4 is 32.1 Å². The average Bonchev–Trinajstić information content (AvgIpc) is 2.31. The predicted molar refractivity (Wildman–Crippen MR) is 74.0 cm³/mol. The summed E-state index contributed by atoms with van der Waals surface area (Å²) in [5.41, 5.74) is 0. The second-order valence-corrected chi connectivity index (χ2v) is 5.58. The van der Waals surface area contributed by atoms with Gasteiger partial charge in [0.2, 0.25) is 0 Å². The fraction of sp³-hybridized carbons (Fsp3) is 0.500. The molecule has 2 nitrogen and oxygen atoms in total. The van der Waals surface area contributed by atoms with Crippen molar-refractivity contribution in [2.45, 2.75) is 39.5 Å². The van der Waals surface area contributed by atoms with E-state index in [-0.39, 0.29) is 5.97 Å². The molecule has 0 atom stereocenters. The van der Waals surface area contributed by atoms with Crippen LogP contribution in [0, 0.1) is 0 Å². The Kier molecular flexibility index (Phi) is 11.6. The van der Waals surface area contributed by atoms with Gasteiger partial charge < -0.3 is 4.74 Å². The Morgan fingerprint density at radius 3 is 2.24 bits per heavy atom. The van der Waals surface area contributed by atoms with Gasteiger partial charge in [-0.2, -0.15) is 0 Å². The van der Waals surface area contributed by atoms with Crippen molar-refractivity contribution in [3.63, 3.8) is 0 Å². The van der Waals surface area contributed by atoms with Crippen molar-refractivity contribution in [3.8, 4) is 0 Å². The van der Waals surface area contributed by atoms with Crippen LogP contribution in [0.2, 0.25) is 0 Å². The van der Waals surface area contributed by atoms with E-state index in [0.717, 1.165) is 19.3 Å². The summed E-state index contributed by atoms with van der Waals surface area (Å²) in [4.78, 5) is 10.7. The van der Waals surface area contributed by atoms with Crippen molar-refractivity contribution < 1.29 is 9.53 Å².